The van der Waals surface area contributed by atoms with E-state index in [2.05, 4.69) is 54.2 Å². The molecule has 1 aliphatic heterocycles. The van der Waals surface area contributed by atoms with Crippen molar-refractivity contribution in [2.24, 2.45) is 17.8 Å². The summed E-state index contributed by atoms with van der Waals surface area (Å²) in [5.74, 6) is 1.12. The van der Waals surface area contributed by atoms with Gasteiger partial charge in [-0.25, -0.2) is 4.79 Å². The maximum Gasteiger partial charge on any atom is 0.407 e. The Balaban J connectivity index is 1.40. The molecule has 6 heteroatoms. The van der Waals surface area contributed by atoms with Gasteiger partial charge in [-0.05, 0) is 88.8 Å². The molecular formula is C28H41N3O3. The highest BCUT2D eigenvalue weighted by Gasteiger charge is 2.39. The summed E-state index contributed by atoms with van der Waals surface area (Å²) in [6.45, 7) is 13.6. The van der Waals surface area contributed by atoms with Gasteiger partial charge in [0.1, 0.15) is 5.60 Å². The molecule has 0 saturated heterocycles. The van der Waals surface area contributed by atoms with Crippen molar-refractivity contribution in [1.29, 1.82) is 0 Å². The molecule has 4 rings (SSSR count). The third kappa shape index (κ3) is 5.11. The van der Waals surface area contributed by atoms with Crippen molar-refractivity contribution in [2.45, 2.75) is 85.3 Å². The second kappa shape index (κ2) is 9.63. The predicted octanol–water partition coefficient (Wildman–Crippen LogP) is 5.89. The lowest BCUT2D eigenvalue weighted by molar-refractivity contribution is -0.141. The molecular weight excluding hydrogens is 426 g/mol. The molecule has 0 spiro atoms. The summed E-state index contributed by atoms with van der Waals surface area (Å²) in [5.41, 5.74) is 4.62. The molecule has 1 aliphatic carbocycles. The van der Waals surface area contributed by atoms with Gasteiger partial charge in [0.05, 0.1) is 6.04 Å². The van der Waals surface area contributed by atoms with Crippen LogP contribution in [-0.2, 0) is 16.0 Å². The van der Waals surface area contributed by atoms with E-state index in [9.17, 15) is 9.59 Å². The molecule has 34 heavy (non-hydrogen) atoms. The maximum atomic E-state index is 13.7. The fourth-order valence-corrected chi connectivity index (χ4v) is 5.90. The quantitative estimate of drug-likeness (QED) is 0.589. The summed E-state index contributed by atoms with van der Waals surface area (Å²) in [5, 5.41) is 4.25. The zero-order chi connectivity index (χ0) is 24.6. The Morgan fingerprint density at radius 1 is 1.18 bits per heavy atom. The van der Waals surface area contributed by atoms with Gasteiger partial charge in [-0.15, -0.1) is 0 Å². The number of ether oxygens (including phenoxy) is 1. The molecule has 6 nitrogen and oxygen atoms in total. The number of nitrogens with zero attached hydrogens (tertiary/aromatic N) is 1. The molecule has 0 bridgehead atoms. The van der Waals surface area contributed by atoms with Crippen molar-refractivity contribution in [3.8, 4) is 0 Å². The van der Waals surface area contributed by atoms with Crippen LogP contribution in [0.25, 0.3) is 10.9 Å². The normalized spacial score (nSPS) is 23.1. The Morgan fingerprint density at radius 3 is 2.53 bits per heavy atom. The number of aromatic nitrogens is 1. The monoisotopic (exact) mass is 467 g/mol. The Hall–Kier alpha value is -2.50. The fraction of sp³-hybridized carbons (Fsp3) is 0.643. The first-order valence-corrected chi connectivity index (χ1v) is 12.9. The summed E-state index contributed by atoms with van der Waals surface area (Å²) in [6.07, 6.45) is 4.25. The van der Waals surface area contributed by atoms with Gasteiger partial charge in [-0.2, -0.15) is 0 Å². The van der Waals surface area contributed by atoms with E-state index in [1.807, 2.05) is 20.8 Å². The summed E-state index contributed by atoms with van der Waals surface area (Å²) in [7, 11) is 0. The lowest BCUT2D eigenvalue weighted by Crippen LogP contribution is -2.46. The van der Waals surface area contributed by atoms with Crippen LogP contribution in [0.5, 0.6) is 0 Å². The van der Waals surface area contributed by atoms with Crippen molar-refractivity contribution in [3.05, 3.63) is 35.0 Å². The fourth-order valence-electron chi connectivity index (χ4n) is 5.90. The van der Waals surface area contributed by atoms with Crippen molar-refractivity contribution in [3.63, 3.8) is 0 Å². The van der Waals surface area contributed by atoms with E-state index in [1.54, 1.807) is 0 Å². The standard InChI is InChI=1S/C28H41N3O3/c1-17(2)25-24-21(23-18(3)8-7-9-22(23)30-24)14-15-31(25)26(32)20-12-10-19(11-13-20)16-29-27(33)34-28(4,5)6/h7-9,17,19-20,25,30H,10-16H2,1-6H3,(H,29,33). The molecule has 1 atom stereocenters. The van der Waals surface area contributed by atoms with Crippen LogP contribution >= 0.6 is 0 Å². The van der Waals surface area contributed by atoms with Crippen LogP contribution in [0.2, 0.25) is 0 Å². The SMILES string of the molecule is Cc1cccc2[nH]c3c(c12)CCN(C(=O)C1CCC(CNC(=O)OC(C)(C)C)CC1)C3C(C)C. The highest BCUT2D eigenvalue weighted by Crippen LogP contribution is 2.41. The minimum absolute atomic E-state index is 0.0756. The molecule has 2 aromatic rings. The van der Waals surface area contributed by atoms with Crippen molar-refractivity contribution in [2.75, 3.05) is 13.1 Å². The first-order valence-electron chi connectivity index (χ1n) is 12.9. The first kappa shape index (κ1) is 24.6. The Kier molecular flexibility index (Phi) is 6.97. The number of hydrogen-bond acceptors (Lipinski definition) is 3. The lowest BCUT2D eigenvalue weighted by Gasteiger charge is -2.41. The summed E-state index contributed by atoms with van der Waals surface area (Å²) >= 11 is 0. The van der Waals surface area contributed by atoms with E-state index in [0.29, 0.717) is 24.3 Å². The van der Waals surface area contributed by atoms with Gasteiger partial charge in [-0.1, -0.05) is 26.0 Å². The number of benzene rings is 1. The third-order valence-electron chi connectivity index (χ3n) is 7.45. The minimum Gasteiger partial charge on any atom is -0.444 e. The Morgan fingerprint density at radius 2 is 1.88 bits per heavy atom. The van der Waals surface area contributed by atoms with E-state index in [0.717, 1.165) is 38.6 Å². The van der Waals surface area contributed by atoms with Gasteiger partial charge in [0.25, 0.3) is 0 Å². The van der Waals surface area contributed by atoms with Gasteiger partial charge in [0, 0.05) is 35.6 Å². The number of fused-ring (bicyclic) bond motifs is 3. The third-order valence-corrected chi connectivity index (χ3v) is 7.45. The van der Waals surface area contributed by atoms with Gasteiger partial charge in [0.15, 0.2) is 0 Å². The van der Waals surface area contributed by atoms with Crippen LogP contribution in [0.4, 0.5) is 4.79 Å². The van der Waals surface area contributed by atoms with Crippen molar-refractivity contribution < 1.29 is 14.3 Å². The number of aromatic amines is 1. The number of nitrogens with one attached hydrogen (secondary N) is 2. The smallest absolute Gasteiger partial charge is 0.407 e. The molecule has 2 aliphatic rings. The van der Waals surface area contributed by atoms with E-state index in [-0.39, 0.29) is 18.1 Å². The second-order valence-electron chi connectivity index (χ2n) is 11.6. The topological polar surface area (TPSA) is 74.4 Å². The van der Waals surface area contributed by atoms with Crippen molar-refractivity contribution in [1.82, 2.24) is 15.2 Å². The highest BCUT2D eigenvalue weighted by molar-refractivity contribution is 5.89. The van der Waals surface area contributed by atoms with E-state index in [1.165, 1.54) is 27.7 Å². The molecule has 1 fully saturated rings. The largest absolute Gasteiger partial charge is 0.444 e. The van der Waals surface area contributed by atoms with E-state index in [4.69, 9.17) is 4.74 Å². The molecule has 2 heterocycles. The van der Waals surface area contributed by atoms with Crippen LogP contribution in [-0.4, -0.2) is 40.6 Å². The van der Waals surface area contributed by atoms with E-state index < -0.39 is 5.60 Å². The summed E-state index contributed by atoms with van der Waals surface area (Å²) in [4.78, 5) is 31.5. The number of rotatable bonds is 4. The van der Waals surface area contributed by atoms with E-state index >= 15 is 0 Å². The lowest BCUT2D eigenvalue weighted by atomic mass is 9.80. The molecule has 186 valence electrons. The van der Waals surface area contributed by atoms with Crippen LogP contribution in [0.15, 0.2) is 18.2 Å². The summed E-state index contributed by atoms with van der Waals surface area (Å²) in [6, 6.07) is 6.52. The predicted molar refractivity (Wildman–Crippen MR) is 136 cm³/mol. The molecule has 2 amide bonds. The average Bonchev–Trinajstić information content (AvgIpc) is 3.15. The van der Waals surface area contributed by atoms with Gasteiger partial charge < -0.3 is 19.9 Å². The average molecular weight is 468 g/mol. The second-order valence-corrected chi connectivity index (χ2v) is 11.6. The molecule has 0 radical (unpaired) electrons. The Bertz CT molecular complexity index is 1040. The first-order chi connectivity index (χ1) is 16.0. The number of carbonyl (C=O) groups is 2. The maximum absolute atomic E-state index is 13.7. The molecule has 1 unspecified atom stereocenters. The molecule has 1 saturated carbocycles. The highest BCUT2D eigenvalue weighted by atomic mass is 16.6. The van der Waals surface area contributed by atoms with Crippen LogP contribution < -0.4 is 5.32 Å². The number of alkyl carbamates (subject to hydrolysis) is 1. The number of hydrogen-bond donors (Lipinski definition) is 2. The van der Waals surface area contributed by atoms with Crippen LogP contribution in [0.3, 0.4) is 0 Å². The zero-order valence-electron chi connectivity index (χ0n) is 21.7. The van der Waals surface area contributed by atoms with Gasteiger partial charge in [0.2, 0.25) is 5.91 Å². The number of carbonyl (C=O) groups excluding carboxylic acids is 2. The molecule has 1 aromatic heterocycles. The van der Waals surface area contributed by atoms with Crippen molar-refractivity contribution >= 4 is 22.9 Å². The summed E-state index contributed by atoms with van der Waals surface area (Å²) < 4.78 is 5.35. The number of H-pyrrole nitrogens is 1. The zero-order valence-corrected chi connectivity index (χ0v) is 21.7. The minimum atomic E-state index is -0.487. The van der Waals surface area contributed by atoms with Crippen LogP contribution in [0, 0.1) is 24.7 Å². The molecule has 1 aromatic carbocycles. The molecule has 2 N–H and O–H groups in total. The van der Waals surface area contributed by atoms with Gasteiger partial charge >= 0.3 is 6.09 Å². The number of aryl methyl sites for hydroxylation is 1. The number of amides is 2. The Labute approximate surface area is 203 Å². The van der Waals surface area contributed by atoms with Gasteiger partial charge in [-0.3, -0.25) is 4.79 Å². The van der Waals surface area contributed by atoms with Crippen LogP contribution in [0.1, 0.15) is 83.2 Å².